The van der Waals surface area contributed by atoms with Gasteiger partial charge in [-0.15, -0.1) is 0 Å². The topological polar surface area (TPSA) is 75.9 Å². The van der Waals surface area contributed by atoms with Crippen LogP contribution in [0.15, 0.2) is 78.1 Å². The first-order valence-electron chi connectivity index (χ1n) is 7.99. The molecule has 2 heterocycles. The number of rotatable bonds is 3. The van der Waals surface area contributed by atoms with E-state index in [2.05, 4.69) is 10.1 Å². The van der Waals surface area contributed by atoms with Crippen molar-refractivity contribution in [3.8, 4) is 11.3 Å². The first-order valence-corrected chi connectivity index (χ1v) is 7.99. The lowest BCUT2D eigenvalue weighted by atomic mass is 10.0. The Kier molecular flexibility index (Phi) is 3.85. The van der Waals surface area contributed by atoms with Crippen molar-refractivity contribution >= 4 is 17.2 Å². The van der Waals surface area contributed by atoms with Gasteiger partial charge in [-0.2, -0.15) is 0 Å². The maximum atomic E-state index is 13.7. The summed E-state index contributed by atoms with van der Waals surface area (Å²) in [7, 11) is 0. The van der Waals surface area contributed by atoms with E-state index >= 15 is 0 Å². The standard InChI is InChI=1S/C20H15FN4O/c21-16-8-4-7-14(11-16)19-20(22)23-17-10-9-15(12-25(17)19)18(24-26)13-5-2-1-3-6-13/h1-12,26H,22H2. The summed E-state index contributed by atoms with van der Waals surface area (Å²) < 4.78 is 15.4. The molecule has 128 valence electrons. The van der Waals surface area contributed by atoms with Crippen molar-refractivity contribution in [3.63, 3.8) is 0 Å². The van der Waals surface area contributed by atoms with Gasteiger partial charge in [-0.3, -0.25) is 4.40 Å². The molecule has 4 aromatic rings. The van der Waals surface area contributed by atoms with Gasteiger partial charge >= 0.3 is 0 Å². The molecule has 26 heavy (non-hydrogen) atoms. The molecule has 0 saturated heterocycles. The number of aromatic nitrogens is 2. The van der Waals surface area contributed by atoms with Crippen molar-refractivity contribution in [1.82, 2.24) is 9.38 Å². The van der Waals surface area contributed by atoms with Crippen molar-refractivity contribution in [2.45, 2.75) is 0 Å². The summed E-state index contributed by atoms with van der Waals surface area (Å²) in [5.41, 5.74) is 9.78. The molecule has 3 N–H and O–H groups in total. The van der Waals surface area contributed by atoms with Crippen LogP contribution < -0.4 is 5.73 Å². The molecule has 0 bridgehead atoms. The van der Waals surface area contributed by atoms with Crippen LogP contribution in [0, 0.1) is 5.82 Å². The van der Waals surface area contributed by atoms with Crippen molar-refractivity contribution in [2.24, 2.45) is 5.16 Å². The van der Waals surface area contributed by atoms with Gasteiger partial charge in [0.2, 0.25) is 0 Å². The summed E-state index contributed by atoms with van der Waals surface area (Å²) >= 11 is 0. The van der Waals surface area contributed by atoms with Crippen molar-refractivity contribution < 1.29 is 9.60 Å². The highest BCUT2D eigenvalue weighted by Crippen LogP contribution is 2.28. The molecule has 0 aliphatic carbocycles. The quantitative estimate of drug-likeness (QED) is 0.335. The molecule has 6 heteroatoms. The average molecular weight is 346 g/mol. The molecule has 4 rings (SSSR count). The number of benzene rings is 2. The highest BCUT2D eigenvalue weighted by Gasteiger charge is 2.15. The average Bonchev–Trinajstić information content (AvgIpc) is 2.98. The molecular formula is C20H15FN4O. The van der Waals surface area contributed by atoms with E-state index in [9.17, 15) is 9.60 Å². The van der Waals surface area contributed by atoms with E-state index in [1.54, 1.807) is 34.9 Å². The van der Waals surface area contributed by atoms with Gasteiger partial charge in [0.1, 0.15) is 17.2 Å². The summed E-state index contributed by atoms with van der Waals surface area (Å²) in [6.45, 7) is 0. The van der Waals surface area contributed by atoms with Crippen LogP contribution in [-0.2, 0) is 0 Å². The van der Waals surface area contributed by atoms with Gasteiger partial charge in [-0.1, -0.05) is 47.6 Å². The fraction of sp³-hybridized carbons (Fsp3) is 0. The van der Waals surface area contributed by atoms with E-state index in [0.717, 1.165) is 5.56 Å². The Morgan fingerprint density at radius 2 is 1.81 bits per heavy atom. The number of anilines is 1. The van der Waals surface area contributed by atoms with Crippen LogP contribution in [0.5, 0.6) is 0 Å². The van der Waals surface area contributed by atoms with Gasteiger partial charge in [0.25, 0.3) is 0 Å². The Hall–Kier alpha value is -3.67. The van der Waals surface area contributed by atoms with Gasteiger partial charge in [0.05, 0.1) is 5.69 Å². The molecule has 0 spiro atoms. The van der Waals surface area contributed by atoms with E-state index in [1.807, 2.05) is 30.3 Å². The Morgan fingerprint density at radius 1 is 1.00 bits per heavy atom. The molecule has 0 unspecified atom stereocenters. The number of imidazole rings is 1. The SMILES string of the molecule is Nc1nc2ccc(C(=NO)c3ccccc3)cn2c1-c1cccc(F)c1. The Bertz CT molecular complexity index is 1120. The molecule has 0 saturated carbocycles. The second-order valence-corrected chi connectivity index (χ2v) is 5.82. The van der Waals surface area contributed by atoms with E-state index in [0.29, 0.717) is 34.0 Å². The molecule has 0 fully saturated rings. The summed E-state index contributed by atoms with van der Waals surface area (Å²) in [6, 6.07) is 19.1. The fourth-order valence-corrected chi connectivity index (χ4v) is 3.00. The van der Waals surface area contributed by atoms with Crippen LogP contribution in [-0.4, -0.2) is 20.3 Å². The van der Waals surface area contributed by atoms with Crippen LogP contribution in [0.4, 0.5) is 10.2 Å². The lowest BCUT2D eigenvalue weighted by molar-refractivity contribution is 0.319. The maximum Gasteiger partial charge on any atom is 0.150 e. The van der Waals surface area contributed by atoms with Crippen LogP contribution >= 0.6 is 0 Å². The number of nitrogens with zero attached hydrogens (tertiary/aromatic N) is 3. The number of oxime groups is 1. The number of nitrogen functional groups attached to an aromatic ring is 1. The molecular weight excluding hydrogens is 331 g/mol. The van der Waals surface area contributed by atoms with Crippen LogP contribution in [0.1, 0.15) is 11.1 Å². The predicted molar refractivity (Wildman–Crippen MR) is 98.9 cm³/mol. The molecule has 2 aromatic heterocycles. The van der Waals surface area contributed by atoms with Gasteiger partial charge in [0, 0.05) is 22.9 Å². The minimum absolute atomic E-state index is 0.301. The third kappa shape index (κ3) is 2.67. The zero-order valence-electron chi connectivity index (χ0n) is 13.7. The number of hydrogen-bond acceptors (Lipinski definition) is 4. The third-order valence-corrected chi connectivity index (χ3v) is 4.16. The summed E-state index contributed by atoms with van der Waals surface area (Å²) in [6.07, 6.45) is 1.78. The Morgan fingerprint density at radius 3 is 2.54 bits per heavy atom. The maximum absolute atomic E-state index is 13.7. The van der Waals surface area contributed by atoms with Gasteiger partial charge < -0.3 is 10.9 Å². The molecule has 0 aliphatic heterocycles. The number of halogens is 1. The monoisotopic (exact) mass is 346 g/mol. The van der Waals surface area contributed by atoms with E-state index in [1.165, 1.54) is 12.1 Å². The zero-order chi connectivity index (χ0) is 18.1. The Balaban J connectivity index is 1.91. The molecule has 0 aliphatic rings. The van der Waals surface area contributed by atoms with E-state index in [-0.39, 0.29) is 5.82 Å². The molecule has 0 atom stereocenters. The number of pyridine rings is 1. The summed E-state index contributed by atoms with van der Waals surface area (Å²) in [5, 5.41) is 13.0. The molecule has 2 aromatic carbocycles. The third-order valence-electron chi connectivity index (χ3n) is 4.16. The second kappa shape index (κ2) is 6.33. The molecule has 5 nitrogen and oxygen atoms in total. The number of fused-ring (bicyclic) bond motifs is 1. The van der Waals surface area contributed by atoms with E-state index in [4.69, 9.17) is 5.73 Å². The van der Waals surface area contributed by atoms with Crippen molar-refractivity contribution in [3.05, 3.63) is 89.9 Å². The molecule has 0 amide bonds. The Labute approximate surface area is 148 Å². The van der Waals surface area contributed by atoms with Crippen molar-refractivity contribution in [2.75, 3.05) is 5.73 Å². The predicted octanol–water partition coefficient (Wildman–Crippen LogP) is 3.95. The summed E-state index contributed by atoms with van der Waals surface area (Å²) in [4.78, 5) is 4.33. The zero-order valence-corrected chi connectivity index (χ0v) is 13.7. The largest absolute Gasteiger partial charge is 0.410 e. The van der Waals surface area contributed by atoms with Gasteiger partial charge in [0.15, 0.2) is 5.82 Å². The lowest BCUT2D eigenvalue weighted by Crippen LogP contribution is -2.05. The first kappa shape index (κ1) is 15.8. The highest BCUT2D eigenvalue weighted by molar-refractivity contribution is 6.12. The van der Waals surface area contributed by atoms with Gasteiger partial charge in [-0.05, 0) is 24.3 Å². The van der Waals surface area contributed by atoms with Crippen LogP contribution in [0.3, 0.4) is 0 Å². The second-order valence-electron chi connectivity index (χ2n) is 5.82. The minimum atomic E-state index is -0.352. The molecule has 0 radical (unpaired) electrons. The first-order chi connectivity index (χ1) is 12.7. The smallest absolute Gasteiger partial charge is 0.150 e. The normalized spacial score (nSPS) is 11.8. The fourth-order valence-electron chi connectivity index (χ4n) is 3.00. The van der Waals surface area contributed by atoms with Crippen molar-refractivity contribution in [1.29, 1.82) is 0 Å². The lowest BCUT2D eigenvalue weighted by Gasteiger charge is -2.08. The van der Waals surface area contributed by atoms with E-state index < -0.39 is 0 Å². The number of nitrogens with two attached hydrogens (primary N) is 1. The number of hydrogen-bond donors (Lipinski definition) is 2. The minimum Gasteiger partial charge on any atom is -0.410 e. The van der Waals surface area contributed by atoms with Gasteiger partial charge in [-0.25, -0.2) is 9.37 Å². The van der Waals surface area contributed by atoms with Crippen LogP contribution in [0.2, 0.25) is 0 Å². The summed E-state index contributed by atoms with van der Waals surface area (Å²) in [5.74, 6) is -0.0511. The highest BCUT2D eigenvalue weighted by atomic mass is 19.1. The van der Waals surface area contributed by atoms with Crippen LogP contribution in [0.25, 0.3) is 16.9 Å².